The second-order valence-corrected chi connectivity index (χ2v) is 13.7. The molecule has 2 aliphatic carbocycles. The summed E-state index contributed by atoms with van der Waals surface area (Å²) in [7, 11) is 0. The Morgan fingerprint density at radius 2 is 0.938 bits per heavy atom. The van der Waals surface area contributed by atoms with Crippen molar-refractivity contribution in [3.8, 4) is 11.1 Å². The van der Waals surface area contributed by atoms with Crippen LogP contribution in [-0.2, 0) is 10.8 Å². The molecule has 0 atom stereocenters. The van der Waals surface area contributed by atoms with Gasteiger partial charge in [0.25, 0.3) is 0 Å². The van der Waals surface area contributed by atoms with Crippen LogP contribution in [0.2, 0.25) is 0 Å². The summed E-state index contributed by atoms with van der Waals surface area (Å²) in [4.78, 5) is 2.39. The van der Waals surface area contributed by atoms with E-state index in [1.807, 2.05) is 12.1 Å². The molecule has 2 heteroatoms. The van der Waals surface area contributed by atoms with Gasteiger partial charge in [-0.15, -0.1) is 0 Å². The van der Waals surface area contributed by atoms with Crippen LogP contribution in [0.5, 0.6) is 0 Å². The number of anilines is 3. The van der Waals surface area contributed by atoms with E-state index < -0.39 is 5.41 Å². The van der Waals surface area contributed by atoms with E-state index in [1.54, 1.807) is 0 Å². The van der Waals surface area contributed by atoms with Crippen LogP contribution in [0, 0.1) is 0 Å². The van der Waals surface area contributed by atoms with Gasteiger partial charge in [-0.25, -0.2) is 0 Å². The first-order valence-corrected chi connectivity index (χ1v) is 16.8. The largest absolute Gasteiger partial charge is 0.456 e. The molecule has 228 valence electrons. The number of furan rings is 1. The van der Waals surface area contributed by atoms with Crippen molar-refractivity contribution in [2.45, 2.75) is 24.7 Å². The van der Waals surface area contributed by atoms with Crippen molar-refractivity contribution in [3.63, 3.8) is 0 Å². The van der Waals surface area contributed by atoms with Gasteiger partial charge in [-0.3, -0.25) is 0 Å². The summed E-state index contributed by atoms with van der Waals surface area (Å²) in [6, 6.07) is 60.0. The fourth-order valence-corrected chi connectivity index (χ4v) is 8.85. The Kier molecular flexibility index (Phi) is 5.58. The molecule has 48 heavy (non-hydrogen) atoms. The Bertz CT molecular complexity index is 2510. The normalized spacial score (nSPS) is 14.8. The molecule has 0 bridgehead atoms. The van der Waals surface area contributed by atoms with Crippen LogP contribution in [0.3, 0.4) is 0 Å². The van der Waals surface area contributed by atoms with Gasteiger partial charge in [0.05, 0.1) is 5.41 Å². The fraction of sp³-hybridized carbons (Fsp3) is 0.0870. The van der Waals surface area contributed by atoms with Gasteiger partial charge in [0.1, 0.15) is 11.2 Å². The highest BCUT2D eigenvalue weighted by atomic mass is 16.3. The van der Waals surface area contributed by atoms with E-state index in [1.165, 1.54) is 44.5 Å². The van der Waals surface area contributed by atoms with E-state index in [4.69, 9.17) is 4.42 Å². The minimum atomic E-state index is -0.403. The summed E-state index contributed by atoms with van der Waals surface area (Å²) >= 11 is 0. The molecule has 0 saturated carbocycles. The summed E-state index contributed by atoms with van der Waals surface area (Å²) in [5.41, 5.74) is 15.4. The van der Waals surface area contributed by atoms with E-state index in [-0.39, 0.29) is 5.41 Å². The second kappa shape index (κ2) is 9.82. The maximum Gasteiger partial charge on any atom is 0.135 e. The Morgan fingerprint density at radius 3 is 1.69 bits per heavy atom. The minimum absolute atomic E-state index is 0.229. The highest BCUT2D eigenvalue weighted by Gasteiger charge is 2.53. The van der Waals surface area contributed by atoms with E-state index in [0.29, 0.717) is 0 Å². The number of benzene rings is 7. The molecule has 1 aromatic heterocycles. The van der Waals surface area contributed by atoms with Crippen molar-refractivity contribution in [2.75, 3.05) is 4.90 Å². The van der Waals surface area contributed by atoms with Gasteiger partial charge in [0, 0.05) is 33.2 Å². The fourth-order valence-electron chi connectivity index (χ4n) is 8.85. The van der Waals surface area contributed by atoms with Crippen LogP contribution < -0.4 is 4.90 Å². The van der Waals surface area contributed by atoms with Crippen molar-refractivity contribution in [3.05, 3.63) is 197 Å². The summed E-state index contributed by atoms with van der Waals surface area (Å²) in [6.07, 6.45) is 0. The van der Waals surface area contributed by atoms with Crippen LogP contribution in [0.25, 0.3) is 33.1 Å². The highest BCUT2D eigenvalue weighted by molar-refractivity contribution is 6.06. The number of fused-ring (bicyclic) bond motifs is 12. The lowest BCUT2D eigenvalue weighted by molar-refractivity contribution is 0.563. The molecule has 0 unspecified atom stereocenters. The molecular formula is C46H33NO. The van der Waals surface area contributed by atoms with Crippen LogP contribution in [0.4, 0.5) is 17.1 Å². The van der Waals surface area contributed by atoms with Crippen molar-refractivity contribution in [1.82, 2.24) is 0 Å². The molecule has 1 heterocycles. The maximum absolute atomic E-state index is 6.23. The predicted molar refractivity (Wildman–Crippen MR) is 198 cm³/mol. The second-order valence-electron chi connectivity index (χ2n) is 13.7. The van der Waals surface area contributed by atoms with Gasteiger partial charge in [-0.2, -0.15) is 0 Å². The standard InChI is InChI=1S/C46H33NO/c1-45(2)39-21-11-12-22-40(39)46(37-19-9-6-16-33(37)34-17-7-10-20-38(34)46)41-26-24-32(29-42(41)45)47(30-14-4-3-5-15-30)31-25-27-44-36(28-31)35-18-8-13-23-43(35)48-44/h3-29H,1-2H3. The monoisotopic (exact) mass is 615 g/mol. The first-order chi connectivity index (χ1) is 23.6. The number of rotatable bonds is 3. The zero-order valence-corrected chi connectivity index (χ0v) is 26.9. The van der Waals surface area contributed by atoms with Gasteiger partial charge in [0.2, 0.25) is 0 Å². The van der Waals surface area contributed by atoms with Gasteiger partial charge in [-0.1, -0.05) is 129 Å². The third-order valence-electron chi connectivity index (χ3n) is 10.9. The highest BCUT2D eigenvalue weighted by Crippen LogP contribution is 2.62. The van der Waals surface area contributed by atoms with E-state index >= 15 is 0 Å². The van der Waals surface area contributed by atoms with Crippen LogP contribution in [0.1, 0.15) is 47.2 Å². The first-order valence-electron chi connectivity index (χ1n) is 16.8. The molecule has 1 spiro atoms. The zero-order valence-electron chi connectivity index (χ0n) is 26.9. The summed E-state index contributed by atoms with van der Waals surface area (Å²) in [6.45, 7) is 4.79. The van der Waals surface area contributed by atoms with Crippen molar-refractivity contribution >= 4 is 39.0 Å². The molecule has 0 amide bonds. The Morgan fingerprint density at radius 1 is 0.396 bits per heavy atom. The van der Waals surface area contributed by atoms with Crippen LogP contribution >= 0.6 is 0 Å². The van der Waals surface area contributed by atoms with E-state index in [9.17, 15) is 0 Å². The average molecular weight is 616 g/mol. The zero-order chi connectivity index (χ0) is 32.0. The maximum atomic E-state index is 6.23. The number of hydrogen-bond acceptors (Lipinski definition) is 2. The Balaban J connectivity index is 1.26. The van der Waals surface area contributed by atoms with Crippen molar-refractivity contribution in [2.24, 2.45) is 0 Å². The molecule has 2 nitrogen and oxygen atoms in total. The van der Waals surface area contributed by atoms with E-state index in [2.05, 4.69) is 170 Å². The van der Waals surface area contributed by atoms with Crippen molar-refractivity contribution in [1.29, 1.82) is 0 Å². The summed E-state index contributed by atoms with van der Waals surface area (Å²) < 4.78 is 6.23. The van der Waals surface area contributed by atoms with Crippen molar-refractivity contribution < 1.29 is 4.42 Å². The van der Waals surface area contributed by atoms with Gasteiger partial charge < -0.3 is 9.32 Å². The third kappa shape index (κ3) is 3.52. The molecule has 0 fully saturated rings. The first kappa shape index (κ1) is 27.3. The smallest absolute Gasteiger partial charge is 0.135 e. The van der Waals surface area contributed by atoms with Crippen LogP contribution in [-0.4, -0.2) is 0 Å². The number of nitrogens with zero attached hydrogens (tertiary/aromatic N) is 1. The molecule has 0 N–H and O–H groups in total. The molecule has 0 radical (unpaired) electrons. The molecule has 2 aliphatic rings. The van der Waals surface area contributed by atoms with Gasteiger partial charge in [-0.05, 0) is 93.0 Å². The van der Waals surface area contributed by atoms with Gasteiger partial charge in [0.15, 0.2) is 0 Å². The molecule has 0 aliphatic heterocycles. The average Bonchev–Trinajstić information content (AvgIpc) is 3.65. The third-order valence-corrected chi connectivity index (χ3v) is 10.9. The lowest BCUT2D eigenvalue weighted by Crippen LogP contribution is -2.40. The Labute approximate surface area is 280 Å². The lowest BCUT2D eigenvalue weighted by Gasteiger charge is -2.47. The molecule has 8 aromatic rings. The predicted octanol–water partition coefficient (Wildman–Crippen LogP) is 12.1. The minimum Gasteiger partial charge on any atom is -0.456 e. The SMILES string of the molecule is CC1(C)c2ccccc2C2(c3ccccc3-c3ccccc32)c2ccc(N(c3ccccc3)c3ccc4oc5ccccc5c4c3)cc21. The Hall–Kier alpha value is -5.86. The van der Waals surface area contributed by atoms with Crippen LogP contribution in [0.15, 0.2) is 168 Å². The summed E-state index contributed by atoms with van der Waals surface area (Å²) in [5.74, 6) is 0. The topological polar surface area (TPSA) is 16.4 Å². The molecule has 0 saturated heterocycles. The van der Waals surface area contributed by atoms with Gasteiger partial charge >= 0.3 is 0 Å². The molecular weight excluding hydrogens is 583 g/mol. The number of para-hydroxylation sites is 2. The van der Waals surface area contributed by atoms with E-state index in [0.717, 1.165) is 39.0 Å². The number of hydrogen-bond donors (Lipinski definition) is 0. The molecule has 7 aromatic carbocycles. The quantitative estimate of drug-likeness (QED) is 0.197. The molecule has 10 rings (SSSR count). The lowest BCUT2D eigenvalue weighted by atomic mass is 9.55. The summed E-state index contributed by atoms with van der Waals surface area (Å²) in [5, 5.41) is 2.25.